The van der Waals surface area contributed by atoms with E-state index < -0.39 is 10.0 Å². The van der Waals surface area contributed by atoms with E-state index in [0.717, 1.165) is 31.4 Å². The van der Waals surface area contributed by atoms with Gasteiger partial charge in [0, 0.05) is 52.2 Å². The van der Waals surface area contributed by atoms with Crippen molar-refractivity contribution in [2.75, 3.05) is 33.2 Å². The number of aliphatic imine (C=N–C) groups is 1. The molecule has 0 saturated carbocycles. The maximum absolute atomic E-state index is 12.6. The van der Waals surface area contributed by atoms with Gasteiger partial charge >= 0.3 is 0 Å². The molecule has 3 rings (SSSR count). The predicted molar refractivity (Wildman–Crippen MR) is 128 cm³/mol. The van der Waals surface area contributed by atoms with Crippen molar-refractivity contribution >= 4 is 45.9 Å². The average molecular weight is 549 g/mol. The minimum absolute atomic E-state index is 0. The summed E-state index contributed by atoms with van der Waals surface area (Å²) in [5.74, 6) is 0.857. The number of nitrogens with one attached hydrogen (secondary N) is 2. The van der Waals surface area contributed by atoms with Gasteiger partial charge < -0.3 is 15.5 Å². The largest absolute Gasteiger partial charge is 0.352 e. The third-order valence-corrected chi connectivity index (χ3v) is 7.41. The van der Waals surface area contributed by atoms with Crippen LogP contribution in [0.15, 0.2) is 34.2 Å². The van der Waals surface area contributed by atoms with Gasteiger partial charge in [0.25, 0.3) is 0 Å². The summed E-state index contributed by atoms with van der Waals surface area (Å²) in [5.41, 5.74) is 0.975. The van der Waals surface area contributed by atoms with E-state index in [1.165, 1.54) is 0 Å². The zero-order valence-corrected chi connectivity index (χ0v) is 20.8. The highest BCUT2D eigenvalue weighted by Crippen LogP contribution is 2.21. The van der Waals surface area contributed by atoms with Crippen LogP contribution in [-0.4, -0.2) is 68.8 Å². The lowest BCUT2D eigenvalue weighted by atomic mass is 10.2. The first-order chi connectivity index (χ1) is 13.9. The number of sulfonamides is 1. The van der Waals surface area contributed by atoms with E-state index in [0.29, 0.717) is 43.5 Å². The molecule has 1 amide bonds. The molecule has 1 aromatic rings. The number of benzene rings is 1. The molecule has 168 valence electrons. The number of hydrogen-bond acceptors (Lipinski definition) is 4. The van der Waals surface area contributed by atoms with Crippen molar-refractivity contribution in [1.82, 2.24) is 19.8 Å². The molecule has 2 saturated heterocycles. The highest BCUT2D eigenvalue weighted by atomic mass is 127. The Morgan fingerprint density at radius 1 is 1.17 bits per heavy atom. The molecule has 0 radical (unpaired) electrons. The fourth-order valence-corrected chi connectivity index (χ4v) is 5.28. The van der Waals surface area contributed by atoms with E-state index >= 15 is 0 Å². The molecule has 1 atom stereocenters. The second kappa shape index (κ2) is 11.3. The van der Waals surface area contributed by atoms with Crippen LogP contribution in [0.4, 0.5) is 0 Å². The van der Waals surface area contributed by atoms with Crippen LogP contribution < -0.4 is 10.6 Å². The minimum Gasteiger partial charge on any atom is -0.352 e. The van der Waals surface area contributed by atoms with E-state index in [2.05, 4.69) is 15.6 Å². The second-order valence-corrected chi connectivity index (χ2v) is 9.44. The average Bonchev–Trinajstić information content (AvgIpc) is 3.43. The van der Waals surface area contributed by atoms with Gasteiger partial charge in [-0.15, -0.1) is 24.0 Å². The van der Waals surface area contributed by atoms with Crippen LogP contribution in [0.2, 0.25) is 0 Å². The number of carbonyl (C=O) groups is 1. The van der Waals surface area contributed by atoms with E-state index in [1.54, 1.807) is 23.5 Å². The summed E-state index contributed by atoms with van der Waals surface area (Å²) < 4.78 is 26.8. The lowest BCUT2D eigenvalue weighted by Crippen LogP contribution is -2.44. The van der Waals surface area contributed by atoms with Gasteiger partial charge in [0.15, 0.2) is 5.96 Å². The van der Waals surface area contributed by atoms with Crippen molar-refractivity contribution in [3.05, 3.63) is 29.8 Å². The Balaban J connectivity index is 0.00000320. The van der Waals surface area contributed by atoms with Crippen LogP contribution in [-0.2, 0) is 21.4 Å². The van der Waals surface area contributed by atoms with E-state index in [1.807, 2.05) is 24.0 Å². The molecule has 2 aliphatic heterocycles. The Bertz CT molecular complexity index is 839. The molecule has 10 heteroatoms. The van der Waals surface area contributed by atoms with Crippen molar-refractivity contribution in [3.8, 4) is 0 Å². The summed E-state index contributed by atoms with van der Waals surface area (Å²) in [6, 6.07) is 7.20. The molecule has 2 heterocycles. The fourth-order valence-electron chi connectivity index (χ4n) is 3.76. The summed E-state index contributed by atoms with van der Waals surface area (Å²) in [7, 11) is -1.66. The van der Waals surface area contributed by atoms with Crippen molar-refractivity contribution < 1.29 is 13.2 Å². The number of likely N-dealkylation sites (tertiary alicyclic amines) is 1. The van der Waals surface area contributed by atoms with E-state index in [9.17, 15) is 13.2 Å². The van der Waals surface area contributed by atoms with Gasteiger partial charge in [-0.05, 0) is 37.0 Å². The maximum Gasteiger partial charge on any atom is 0.243 e. The highest BCUT2D eigenvalue weighted by Gasteiger charge is 2.27. The maximum atomic E-state index is 12.6. The Hall–Kier alpha value is -1.40. The first-order valence-corrected chi connectivity index (χ1v) is 11.7. The van der Waals surface area contributed by atoms with Crippen molar-refractivity contribution in [2.24, 2.45) is 4.99 Å². The zero-order chi connectivity index (χ0) is 20.9. The highest BCUT2D eigenvalue weighted by molar-refractivity contribution is 14.0. The van der Waals surface area contributed by atoms with Crippen LogP contribution in [0.3, 0.4) is 0 Å². The molecule has 8 nitrogen and oxygen atoms in total. The predicted octanol–water partition coefficient (Wildman–Crippen LogP) is 1.77. The van der Waals surface area contributed by atoms with Crippen molar-refractivity contribution in [3.63, 3.8) is 0 Å². The summed E-state index contributed by atoms with van der Waals surface area (Å²) in [5, 5.41) is 6.62. The molecule has 0 aliphatic carbocycles. The van der Waals surface area contributed by atoms with E-state index in [4.69, 9.17) is 0 Å². The monoisotopic (exact) mass is 549 g/mol. The molecular formula is C20H32IN5O3S. The summed E-state index contributed by atoms with van der Waals surface area (Å²) in [4.78, 5) is 18.3. The summed E-state index contributed by atoms with van der Waals surface area (Å²) >= 11 is 0. The molecule has 2 N–H and O–H groups in total. The minimum atomic E-state index is -3.38. The zero-order valence-electron chi connectivity index (χ0n) is 17.6. The molecule has 0 aromatic heterocycles. The lowest BCUT2D eigenvalue weighted by Gasteiger charge is -2.19. The van der Waals surface area contributed by atoms with Gasteiger partial charge in [0.2, 0.25) is 15.9 Å². The van der Waals surface area contributed by atoms with Gasteiger partial charge in [-0.1, -0.05) is 19.1 Å². The Morgan fingerprint density at radius 3 is 2.43 bits per heavy atom. The SMILES string of the molecule is CCC(=O)N1CCC(NC(=NC)NCc2ccc(S(=O)(=O)N3CCCC3)cc2)C1.I. The first-order valence-electron chi connectivity index (χ1n) is 10.3. The standard InChI is InChI=1S/C20H31N5O3S.HI/c1-3-19(26)24-13-10-17(15-24)23-20(21-2)22-14-16-6-8-18(9-7-16)29(27,28)25-11-4-5-12-25;/h6-9,17H,3-5,10-15H2,1-2H3,(H2,21,22,23);1H. The lowest BCUT2D eigenvalue weighted by molar-refractivity contribution is -0.129. The summed E-state index contributed by atoms with van der Waals surface area (Å²) in [6.07, 6.45) is 3.29. The fraction of sp³-hybridized carbons (Fsp3) is 0.600. The van der Waals surface area contributed by atoms with Gasteiger partial charge in [-0.25, -0.2) is 8.42 Å². The van der Waals surface area contributed by atoms with Crippen LogP contribution >= 0.6 is 24.0 Å². The number of rotatable bonds is 6. The molecule has 0 bridgehead atoms. The molecule has 1 aromatic carbocycles. The molecular weight excluding hydrogens is 517 g/mol. The van der Waals surface area contributed by atoms with Crippen molar-refractivity contribution in [2.45, 2.75) is 50.1 Å². The quantitative estimate of drug-likeness (QED) is 0.321. The van der Waals surface area contributed by atoms with Gasteiger partial charge in [0.1, 0.15) is 0 Å². The number of hydrogen-bond donors (Lipinski definition) is 2. The normalized spacial score (nSPS) is 20.1. The molecule has 2 aliphatic rings. The van der Waals surface area contributed by atoms with Gasteiger partial charge in [-0.3, -0.25) is 9.79 Å². The molecule has 2 fully saturated rings. The third-order valence-electron chi connectivity index (χ3n) is 5.49. The van der Waals surface area contributed by atoms with Gasteiger partial charge in [0.05, 0.1) is 4.90 Å². The number of amides is 1. The Morgan fingerprint density at radius 2 is 1.83 bits per heavy atom. The van der Waals surface area contributed by atoms with Crippen LogP contribution in [0.5, 0.6) is 0 Å². The van der Waals surface area contributed by atoms with E-state index in [-0.39, 0.29) is 35.9 Å². The number of halogens is 1. The number of carbonyl (C=O) groups excluding carboxylic acids is 1. The second-order valence-electron chi connectivity index (χ2n) is 7.50. The van der Waals surface area contributed by atoms with Crippen molar-refractivity contribution in [1.29, 1.82) is 0 Å². The summed E-state index contributed by atoms with van der Waals surface area (Å²) in [6.45, 7) is 5.09. The smallest absolute Gasteiger partial charge is 0.243 e. The molecule has 30 heavy (non-hydrogen) atoms. The number of nitrogens with zero attached hydrogens (tertiary/aromatic N) is 3. The van der Waals surface area contributed by atoms with Crippen LogP contribution in [0.25, 0.3) is 0 Å². The Kier molecular flexibility index (Phi) is 9.35. The topological polar surface area (TPSA) is 94.1 Å². The third kappa shape index (κ3) is 6.07. The van der Waals surface area contributed by atoms with Gasteiger partial charge in [-0.2, -0.15) is 4.31 Å². The first kappa shape index (κ1) is 24.9. The van der Waals surface area contributed by atoms with Crippen LogP contribution in [0, 0.1) is 0 Å². The Labute approximate surface area is 196 Å². The number of guanidine groups is 1. The molecule has 0 spiro atoms. The van der Waals surface area contributed by atoms with Crippen LogP contribution in [0.1, 0.15) is 38.2 Å². The molecule has 1 unspecified atom stereocenters.